The topological polar surface area (TPSA) is 27.8 Å². The van der Waals surface area contributed by atoms with Gasteiger partial charge in [-0.1, -0.05) is 12.1 Å². The molecule has 1 aromatic heterocycles. The van der Waals surface area contributed by atoms with Gasteiger partial charge in [0.2, 0.25) is 0 Å². The highest BCUT2D eigenvalue weighted by molar-refractivity contribution is 5.80. The minimum atomic E-state index is -0.0869. The molecule has 0 aliphatic carbocycles. The lowest BCUT2D eigenvalue weighted by molar-refractivity contribution is 0.565. The molecule has 1 atom stereocenters. The Hall–Kier alpha value is -1.35. The van der Waals surface area contributed by atoms with Gasteiger partial charge in [0.25, 0.3) is 0 Å². The van der Waals surface area contributed by atoms with Crippen molar-refractivity contribution in [3.05, 3.63) is 35.8 Å². The van der Waals surface area contributed by atoms with Crippen LogP contribution in [0, 0.1) is 5.82 Å². The van der Waals surface area contributed by atoms with E-state index in [-0.39, 0.29) is 5.82 Å². The van der Waals surface area contributed by atoms with Crippen LogP contribution in [0.2, 0.25) is 0 Å². The van der Waals surface area contributed by atoms with E-state index in [1.54, 1.807) is 6.20 Å². The second-order valence-electron chi connectivity index (χ2n) is 4.48. The minimum Gasteiger partial charge on any atom is -0.359 e. The Morgan fingerprint density at radius 3 is 3.06 bits per heavy atom. The summed E-state index contributed by atoms with van der Waals surface area (Å²) in [6.45, 7) is 1.07. The summed E-state index contributed by atoms with van der Waals surface area (Å²) >= 11 is 0. The molecule has 2 N–H and O–H groups in total. The minimum absolute atomic E-state index is 0.0869. The normalized spacial score (nSPS) is 20.7. The Kier molecular flexibility index (Phi) is 2.40. The van der Waals surface area contributed by atoms with Crippen molar-refractivity contribution in [3.63, 3.8) is 0 Å². The number of benzene rings is 1. The van der Waals surface area contributed by atoms with Gasteiger partial charge in [0.15, 0.2) is 0 Å². The van der Waals surface area contributed by atoms with Crippen molar-refractivity contribution >= 4 is 10.9 Å². The smallest absolute Gasteiger partial charge is 0.150 e. The number of nitrogens with one attached hydrogen (secondary N) is 2. The zero-order chi connectivity index (χ0) is 11.0. The van der Waals surface area contributed by atoms with E-state index in [4.69, 9.17) is 0 Å². The maximum Gasteiger partial charge on any atom is 0.150 e. The van der Waals surface area contributed by atoms with Crippen LogP contribution >= 0.6 is 0 Å². The Bertz CT molecular complexity index is 498. The van der Waals surface area contributed by atoms with E-state index in [9.17, 15) is 4.39 Å². The van der Waals surface area contributed by atoms with E-state index in [1.165, 1.54) is 6.42 Å². The number of H-pyrrole nitrogens is 1. The van der Waals surface area contributed by atoms with E-state index in [0.717, 1.165) is 30.3 Å². The van der Waals surface area contributed by atoms with Crippen LogP contribution < -0.4 is 5.32 Å². The number of aromatic amines is 1. The van der Waals surface area contributed by atoms with E-state index in [1.807, 2.05) is 18.2 Å². The second-order valence-corrected chi connectivity index (χ2v) is 4.48. The van der Waals surface area contributed by atoms with Crippen LogP contribution in [0.1, 0.15) is 18.4 Å². The molecule has 0 bridgehead atoms. The van der Waals surface area contributed by atoms with Crippen molar-refractivity contribution in [1.29, 1.82) is 0 Å². The monoisotopic (exact) mass is 218 g/mol. The van der Waals surface area contributed by atoms with E-state index in [0.29, 0.717) is 11.6 Å². The summed E-state index contributed by atoms with van der Waals surface area (Å²) < 4.78 is 14.1. The number of hydrogen-bond donors (Lipinski definition) is 2. The highest BCUT2D eigenvalue weighted by atomic mass is 19.1. The number of halogens is 1. The second kappa shape index (κ2) is 3.91. The van der Waals surface area contributed by atoms with Crippen LogP contribution in [0.25, 0.3) is 10.9 Å². The molecular weight excluding hydrogens is 203 g/mol. The molecule has 0 spiro atoms. The Labute approximate surface area is 93.9 Å². The lowest BCUT2D eigenvalue weighted by Gasteiger charge is -2.11. The standard InChI is InChI=1S/C13H15FN2/c14-12-10(8-11-2-1-6-15-11)4-3-9-5-7-16-13(9)12/h3-5,7,11,15-16H,1-2,6,8H2. The largest absolute Gasteiger partial charge is 0.359 e. The predicted octanol–water partition coefficient (Wildman–Crippen LogP) is 2.60. The third-order valence-corrected chi connectivity index (χ3v) is 3.37. The summed E-state index contributed by atoms with van der Waals surface area (Å²) in [5.41, 5.74) is 1.45. The van der Waals surface area contributed by atoms with Crippen molar-refractivity contribution in [3.8, 4) is 0 Å². The number of hydrogen-bond acceptors (Lipinski definition) is 1. The zero-order valence-corrected chi connectivity index (χ0v) is 9.09. The number of aromatic nitrogens is 1. The summed E-state index contributed by atoms with van der Waals surface area (Å²) in [7, 11) is 0. The van der Waals surface area contributed by atoms with Crippen molar-refractivity contribution in [2.24, 2.45) is 0 Å². The average Bonchev–Trinajstić information content (AvgIpc) is 2.93. The maximum atomic E-state index is 14.1. The summed E-state index contributed by atoms with van der Waals surface area (Å²) in [4.78, 5) is 2.96. The number of fused-ring (bicyclic) bond motifs is 1. The molecule has 84 valence electrons. The molecular formula is C13H15FN2. The van der Waals surface area contributed by atoms with Crippen molar-refractivity contribution in [2.75, 3.05) is 6.54 Å². The van der Waals surface area contributed by atoms with E-state index < -0.39 is 0 Å². The van der Waals surface area contributed by atoms with Gasteiger partial charge < -0.3 is 10.3 Å². The molecule has 1 unspecified atom stereocenters. The quantitative estimate of drug-likeness (QED) is 0.796. The lowest BCUT2D eigenvalue weighted by atomic mass is 10.0. The summed E-state index contributed by atoms with van der Waals surface area (Å²) in [6, 6.07) is 6.24. The highest BCUT2D eigenvalue weighted by Gasteiger charge is 2.17. The average molecular weight is 218 g/mol. The van der Waals surface area contributed by atoms with Gasteiger partial charge in [-0.05, 0) is 37.4 Å². The first-order chi connectivity index (χ1) is 7.84. The van der Waals surface area contributed by atoms with Gasteiger partial charge in [-0.15, -0.1) is 0 Å². The molecule has 1 fully saturated rings. The third kappa shape index (κ3) is 1.61. The van der Waals surface area contributed by atoms with Crippen LogP contribution in [0.3, 0.4) is 0 Å². The third-order valence-electron chi connectivity index (χ3n) is 3.37. The molecule has 16 heavy (non-hydrogen) atoms. The number of rotatable bonds is 2. The molecule has 1 aromatic carbocycles. The van der Waals surface area contributed by atoms with E-state index in [2.05, 4.69) is 10.3 Å². The fourth-order valence-corrected chi connectivity index (χ4v) is 2.49. The molecule has 3 heteroatoms. The van der Waals surface area contributed by atoms with E-state index >= 15 is 0 Å². The van der Waals surface area contributed by atoms with Crippen molar-refractivity contribution in [2.45, 2.75) is 25.3 Å². The van der Waals surface area contributed by atoms with Gasteiger partial charge in [0.1, 0.15) is 5.82 Å². The Morgan fingerprint density at radius 1 is 1.31 bits per heavy atom. The van der Waals surface area contributed by atoms with Gasteiger partial charge >= 0.3 is 0 Å². The molecule has 2 aromatic rings. The van der Waals surface area contributed by atoms with Crippen LogP contribution in [0.5, 0.6) is 0 Å². The first-order valence-electron chi connectivity index (χ1n) is 5.82. The van der Waals surface area contributed by atoms with Crippen molar-refractivity contribution in [1.82, 2.24) is 10.3 Å². The summed E-state index contributed by atoms with van der Waals surface area (Å²) in [6.07, 6.45) is 4.94. The van der Waals surface area contributed by atoms with Crippen molar-refractivity contribution < 1.29 is 4.39 Å². The van der Waals surface area contributed by atoms with Crippen LogP contribution in [0.4, 0.5) is 4.39 Å². The fraction of sp³-hybridized carbons (Fsp3) is 0.385. The molecule has 0 amide bonds. The Morgan fingerprint density at radius 2 is 2.25 bits per heavy atom. The zero-order valence-electron chi connectivity index (χ0n) is 9.09. The maximum absolute atomic E-state index is 14.1. The first-order valence-corrected chi connectivity index (χ1v) is 5.82. The molecule has 2 heterocycles. The van der Waals surface area contributed by atoms with Crippen LogP contribution in [-0.4, -0.2) is 17.6 Å². The molecule has 0 radical (unpaired) electrons. The van der Waals surface area contributed by atoms with Gasteiger partial charge in [-0.25, -0.2) is 4.39 Å². The fourth-order valence-electron chi connectivity index (χ4n) is 2.49. The van der Waals surface area contributed by atoms with Gasteiger partial charge in [0, 0.05) is 17.6 Å². The summed E-state index contributed by atoms with van der Waals surface area (Å²) in [5.74, 6) is -0.0869. The molecule has 2 nitrogen and oxygen atoms in total. The highest BCUT2D eigenvalue weighted by Crippen LogP contribution is 2.22. The van der Waals surface area contributed by atoms with Crippen LogP contribution in [-0.2, 0) is 6.42 Å². The SMILES string of the molecule is Fc1c(CC2CCCN2)ccc2cc[nH]c12. The molecule has 1 aliphatic heterocycles. The summed E-state index contributed by atoms with van der Waals surface area (Å²) in [5, 5.41) is 4.34. The predicted molar refractivity (Wildman–Crippen MR) is 63.0 cm³/mol. The van der Waals surface area contributed by atoms with Gasteiger partial charge in [0.05, 0.1) is 5.52 Å². The van der Waals surface area contributed by atoms with Crippen LogP contribution in [0.15, 0.2) is 24.4 Å². The molecule has 1 saturated heterocycles. The molecule has 1 aliphatic rings. The van der Waals surface area contributed by atoms with Gasteiger partial charge in [-0.2, -0.15) is 0 Å². The lowest BCUT2D eigenvalue weighted by Crippen LogP contribution is -2.24. The molecule has 3 rings (SSSR count). The molecule has 0 saturated carbocycles. The Balaban J connectivity index is 1.93. The van der Waals surface area contributed by atoms with Gasteiger partial charge in [-0.3, -0.25) is 0 Å². The first kappa shape index (κ1) is 9.85.